The predicted molar refractivity (Wildman–Crippen MR) is 78.2 cm³/mol. The van der Waals surface area contributed by atoms with Crippen molar-refractivity contribution in [1.82, 2.24) is 19.7 Å². The first-order valence-corrected chi connectivity index (χ1v) is 7.22. The summed E-state index contributed by atoms with van der Waals surface area (Å²) in [6.07, 6.45) is 4.96. The zero-order valence-corrected chi connectivity index (χ0v) is 12.7. The van der Waals surface area contributed by atoms with Crippen molar-refractivity contribution in [2.75, 3.05) is 6.61 Å². The lowest BCUT2D eigenvalue weighted by Crippen LogP contribution is -2.10. The van der Waals surface area contributed by atoms with Crippen LogP contribution in [-0.2, 0) is 28.8 Å². The van der Waals surface area contributed by atoms with Crippen molar-refractivity contribution in [3.8, 4) is 5.82 Å². The van der Waals surface area contributed by atoms with E-state index in [1.165, 1.54) is 6.33 Å². The molecule has 0 N–H and O–H groups in total. The lowest BCUT2D eigenvalue weighted by Gasteiger charge is -2.07. The summed E-state index contributed by atoms with van der Waals surface area (Å²) in [6.45, 7) is 6.27. The summed E-state index contributed by atoms with van der Waals surface area (Å²) in [5.41, 5.74) is 2.87. The molecular formula is C15H20N4O2. The Balaban J connectivity index is 2.44. The summed E-state index contributed by atoms with van der Waals surface area (Å²) < 4.78 is 6.86. The van der Waals surface area contributed by atoms with Gasteiger partial charge in [-0.15, -0.1) is 0 Å². The van der Waals surface area contributed by atoms with Crippen LogP contribution in [0.15, 0.2) is 18.6 Å². The molecule has 6 nitrogen and oxygen atoms in total. The number of carbonyl (C=O) groups is 1. The molecule has 0 aliphatic carbocycles. The van der Waals surface area contributed by atoms with Crippen molar-refractivity contribution in [2.45, 2.75) is 40.0 Å². The van der Waals surface area contributed by atoms with E-state index in [-0.39, 0.29) is 12.4 Å². The summed E-state index contributed by atoms with van der Waals surface area (Å²) in [5.74, 6) is 0.496. The van der Waals surface area contributed by atoms with Crippen molar-refractivity contribution >= 4 is 5.97 Å². The van der Waals surface area contributed by atoms with Crippen LogP contribution in [0.1, 0.15) is 37.7 Å². The highest BCUT2D eigenvalue weighted by Gasteiger charge is 2.20. The number of rotatable bonds is 6. The Morgan fingerprint density at radius 2 is 2.10 bits per heavy atom. The van der Waals surface area contributed by atoms with Crippen LogP contribution in [0.5, 0.6) is 0 Å². The minimum Gasteiger partial charge on any atom is -0.466 e. The van der Waals surface area contributed by atoms with E-state index in [0.717, 1.165) is 29.8 Å². The third-order valence-corrected chi connectivity index (χ3v) is 3.25. The molecule has 0 amide bonds. The van der Waals surface area contributed by atoms with Crippen molar-refractivity contribution in [3.05, 3.63) is 35.5 Å². The Morgan fingerprint density at radius 1 is 1.29 bits per heavy atom. The van der Waals surface area contributed by atoms with Crippen LogP contribution in [0.3, 0.4) is 0 Å². The number of esters is 1. The molecule has 0 aliphatic heterocycles. The first-order valence-electron chi connectivity index (χ1n) is 7.22. The number of aromatic nitrogens is 4. The zero-order chi connectivity index (χ0) is 15.2. The lowest BCUT2D eigenvalue weighted by atomic mass is 10.1. The molecule has 2 rings (SSSR count). The number of ether oxygens (including phenoxy) is 1. The molecular weight excluding hydrogens is 268 g/mol. The van der Waals surface area contributed by atoms with E-state index >= 15 is 0 Å². The summed E-state index contributed by atoms with van der Waals surface area (Å²) in [7, 11) is 0. The van der Waals surface area contributed by atoms with E-state index in [9.17, 15) is 4.79 Å². The second kappa shape index (κ2) is 6.97. The molecule has 112 valence electrons. The third kappa shape index (κ3) is 3.26. The molecule has 0 radical (unpaired) electrons. The fourth-order valence-corrected chi connectivity index (χ4v) is 2.34. The molecule has 0 fully saturated rings. The van der Waals surface area contributed by atoms with Gasteiger partial charge >= 0.3 is 5.97 Å². The van der Waals surface area contributed by atoms with Gasteiger partial charge in [0.25, 0.3) is 0 Å². The molecule has 2 aromatic rings. The van der Waals surface area contributed by atoms with Crippen LogP contribution in [0.25, 0.3) is 5.82 Å². The van der Waals surface area contributed by atoms with Gasteiger partial charge in [-0.25, -0.2) is 14.6 Å². The van der Waals surface area contributed by atoms with Crippen molar-refractivity contribution in [1.29, 1.82) is 0 Å². The molecule has 2 heterocycles. The standard InChI is InChI=1S/C15H20N4O2/c1-4-12-11(9-15(20)21-6-3)13(5-2)19(18-12)14-7-8-16-10-17-14/h7-8,10H,4-6,9H2,1-3H3. The van der Waals surface area contributed by atoms with Gasteiger partial charge in [0, 0.05) is 23.5 Å². The van der Waals surface area contributed by atoms with Crippen LogP contribution >= 0.6 is 0 Å². The third-order valence-electron chi connectivity index (χ3n) is 3.25. The summed E-state index contributed by atoms with van der Waals surface area (Å²) in [5, 5.41) is 4.60. The second-order valence-electron chi connectivity index (χ2n) is 4.54. The van der Waals surface area contributed by atoms with Gasteiger partial charge in [0.05, 0.1) is 18.7 Å². The molecule has 0 bridgehead atoms. The SMILES string of the molecule is CCOC(=O)Cc1c(CC)nn(-c2ccncn2)c1CC. The largest absolute Gasteiger partial charge is 0.466 e. The Morgan fingerprint density at radius 3 is 2.67 bits per heavy atom. The Hall–Kier alpha value is -2.24. The van der Waals surface area contributed by atoms with Crippen LogP contribution < -0.4 is 0 Å². The quantitative estimate of drug-likeness (QED) is 0.759. The molecule has 0 aromatic carbocycles. The highest BCUT2D eigenvalue weighted by molar-refractivity contribution is 5.73. The van der Waals surface area contributed by atoms with E-state index in [0.29, 0.717) is 12.4 Å². The second-order valence-corrected chi connectivity index (χ2v) is 4.54. The highest BCUT2D eigenvalue weighted by Crippen LogP contribution is 2.20. The Labute approximate surface area is 124 Å². The molecule has 0 spiro atoms. The summed E-state index contributed by atoms with van der Waals surface area (Å²) >= 11 is 0. The maximum Gasteiger partial charge on any atom is 0.310 e. The van der Waals surface area contributed by atoms with Gasteiger partial charge in [0.15, 0.2) is 5.82 Å². The number of carbonyl (C=O) groups excluding carboxylic acids is 1. The maximum absolute atomic E-state index is 11.8. The number of aryl methyl sites for hydroxylation is 1. The van der Waals surface area contributed by atoms with Crippen molar-refractivity contribution < 1.29 is 9.53 Å². The first kappa shape index (κ1) is 15.2. The van der Waals surface area contributed by atoms with Crippen LogP contribution in [0, 0.1) is 0 Å². The van der Waals surface area contributed by atoms with Crippen molar-refractivity contribution in [3.63, 3.8) is 0 Å². The van der Waals surface area contributed by atoms with E-state index in [1.54, 1.807) is 16.9 Å². The Bertz CT molecular complexity index is 608. The average molecular weight is 288 g/mol. The van der Waals surface area contributed by atoms with E-state index in [1.807, 2.05) is 20.8 Å². The van der Waals surface area contributed by atoms with E-state index < -0.39 is 0 Å². The smallest absolute Gasteiger partial charge is 0.310 e. The molecule has 0 saturated heterocycles. The molecule has 0 saturated carbocycles. The molecule has 2 aromatic heterocycles. The van der Waals surface area contributed by atoms with Gasteiger partial charge in [-0.2, -0.15) is 5.10 Å². The molecule has 6 heteroatoms. The zero-order valence-electron chi connectivity index (χ0n) is 12.7. The van der Waals surface area contributed by atoms with Gasteiger partial charge in [0.1, 0.15) is 6.33 Å². The molecule has 21 heavy (non-hydrogen) atoms. The summed E-state index contributed by atoms with van der Waals surface area (Å²) in [6, 6.07) is 1.81. The van der Waals surface area contributed by atoms with Crippen LogP contribution in [-0.4, -0.2) is 32.3 Å². The fourth-order valence-electron chi connectivity index (χ4n) is 2.34. The molecule has 0 aliphatic rings. The van der Waals surface area contributed by atoms with Gasteiger partial charge in [0.2, 0.25) is 0 Å². The minimum atomic E-state index is -0.218. The predicted octanol–water partition coefficient (Wildman–Crippen LogP) is 1.89. The normalized spacial score (nSPS) is 10.6. The monoisotopic (exact) mass is 288 g/mol. The highest BCUT2D eigenvalue weighted by atomic mass is 16.5. The minimum absolute atomic E-state index is 0.218. The number of nitrogens with zero attached hydrogens (tertiary/aromatic N) is 4. The fraction of sp³-hybridized carbons (Fsp3) is 0.467. The topological polar surface area (TPSA) is 69.9 Å². The van der Waals surface area contributed by atoms with Crippen molar-refractivity contribution in [2.24, 2.45) is 0 Å². The van der Waals surface area contributed by atoms with Gasteiger partial charge in [-0.3, -0.25) is 4.79 Å². The van der Waals surface area contributed by atoms with Crippen LogP contribution in [0.4, 0.5) is 0 Å². The Kier molecular flexibility index (Phi) is 5.03. The molecule has 0 unspecified atom stereocenters. The van der Waals surface area contributed by atoms with Gasteiger partial charge < -0.3 is 4.74 Å². The maximum atomic E-state index is 11.8. The van der Waals surface area contributed by atoms with E-state index in [4.69, 9.17) is 4.74 Å². The van der Waals surface area contributed by atoms with E-state index in [2.05, 4.69) is 15.1 Å². The van der Waals surface area contributed by atoms with Crippen LogP contribution in [0.2, 0.25) is 0 Å². The summed E-state index contributed by atoms with van der Waals surface area (Å²) in [4.78, 5) is 20.0. The molecule has 0 atom stereocenters. The van der Waals surface area contributed by atoms with Gasteiger partial charge in [-0.1, -0.05) is 13.8 Å². The van der Waals surface area contributed by atoms with Gasteiger partial charge in [-0.05, 0) is 19.8 Å². The number of hydrogen-bond donors (Lipinski definition) is 0. The average Bonchev–Trinajstić information content (AvgIpc) is 2.86. The first-order chi connectivity index (χ1) is 10.2. The number of hydrogen-bond acceptors (Lipinski definition) is 5. The lowest BCUT2D eigenvalue weighted by molar-refractivity contribution is -0.142.